The van der Waals surface area contributed by atoms with Crippen molar-refractivity contribution in [1.29, 1.82) is 5.26 Å². The van der Waals surface area contributed by atoms with Crippen LogP contribution in [-0.4, -0.2) is 0 Å². The lowest BCUT2D eigenvalue weighted by Gasteiger charge is -2.15. The molecule has 0 bridgehead atoms. The molecule has 20 heavy (non-hydrogen) atoms. The SMILES string of the molecule is CC(NCc1ccccc1C#N)c1ccc(Cl)c(Cl)c1. The summed E-state index contributed by atoms with van der Waals surface area (Å²) in [6.45, 7) is 2.68. The van der Waals surface area contributed by atoms with Crippen molar-refractivity contribution in [3.8, 4) is 6.07 Å². The van der Waals surface area contributed by atoms with Crippen LogP contribution in [0.25, 0.3) is 0 Å². The Balaban J connectivity index is 2.07. The van der Waals surface area contributed by atoms with Gasteiger partial charge in [-0.15, -0.1) is 0 Å². The van der Waals surface area contributed by atoms with E-state index >= 15 is 0 Å². The third-order valence-corrected chi connectivity index (χ3v) is 3.92. The van der Waals surface area contributed by atoms with Crippen molar-refractivity contribution < 1.29 is 0 Å². The average Bonchev–Trinajstić information content (AvgIpc) is 2.47. The first-order valence-corrected chi connectivity index (χ1v) is 7.03. The van der Waals surface area contributed by atoms with Crippen molar-refractivity contribution in [3.63, 3.8) is 0 Å². The van der Waals surface area contributed by atoms with E-state index in [1.165, 1.54) is 0 Å². The molecule has 1 N–H and O–H groups in total. The summed E-state index contributed by atoms with van der Waals surface area (Å²) in [5.74, 6) is 0. The van der Waals surface area contributed by atoms with Gasteiger partial charge in [0, 0.05) is 12.6 Å². The zero-order chi connectivity index (χ0) is 14.5. The van der Waals surface area contributed by atoms with Gasteiger partial charge in [0.2, 0.25) is 0 Å². The Hall–Kier alpha value is -1.53. The van der Waals surface area contributed by atoms with Crippen LogP contribution in [0, 0.1) is 11.3 Å². The van der Waals surface area contributed by atoms with Crippen molar-refractivity contribution in [3.05, 3.63) is 69.2 Å². The van der Waals surface area contributed by atoms with Crippen molar-refractivity contribution in [1.82, 2.24) is 5.32 Å². The molecule has 0 saturated carbocycles. The molecule has 2 nitrogen and oxygen atoms in total. The van der Waals surface area contributed by atoms with Gasteiger partial charge in [0.1, 0.15) is 0 Å². The highest BCUT2D eigenvalue weighted by atomic mass is 35.5. The van der Waals surface area contributed by atoms with Crippen LogP contribution in [0.2, 0.25) is 10.0 Å². The second kappa shape index (κ2) is 6.76. The molecule has 0 aliphatic heterocycles. The zero-order valence-electron chi connectivity index (χ0n) is 11.0. The molecule has 0 fully saturated rings. The van der Waals surface area contributed by atoms with Crippen LogP contribution >= 0.6 is 23.2 Å². The fraction of sp³-hybridized carbons (Fsp3) is 0.188. The molecule has 2 aromatic carbocycles. The van der Waals surface area contributed by atoms with Gasteiger partial charge in [-0.1, -0.05) is 47.5 Å². The molecule has 2 rings (SSSR count). The first kappa shape index (κ1) is 14.9. The zero-order valence-corrected chi connectivity index (χ0v) is 12.5. The number of benzene rings is 2. The van der Waals surface area contributed by atoms with Crippen LogP contribution in [0.3, 0.4) is 0 Å². The number of halogens is 2. The maximum atomic E-state index is 9.06. The summed E-state index contributed by atoms with van der Waals surface area (Å²) in [6.07, 6.45) is 0. The molecular formula is C16H14Cl2N2. The van der Waals surface area contributed by atoms with E-state index in [1.54, 1.807) is 6.07 Å². The van der Waals surface area contributed by atoms with E-state index in [0.717, 1.165) is 11.1 Å². The first-order valence-electron chi connectivity index (χ1n) is 6.28. The second-order valence-corrected chi connectivity index (χ2v) is 5.36. The van der Waals surface area contributed by atoms with Crippen LogP contribution in [0.5, 0.6) is 0 Å². The molecule has 0 spiro atoms. The number of rotatable bonds is 4. The second-order valence-electron chi connectivity index (χ2n) is 4.55. The number of nitrogens with zero attached hydrogens (tertiary/aromatic N) is 1. The Morgan fingerprint density at radius 1 is 1.15 bits per heavy atom. The van der Waals surface area contributed by atoms with E-state index in [1.807, 2.05) is 36.4 Å². The summed E-state index contributed by atoms with van der Waals surface area (Å²) < 4.78 is 0. The van der Waals surface area contributed by atoms with Crippen LogP contribution in [-0.2, 0) is 6.54 Å². The average molecular weight is 305 g/mol. The quantitative estimate of drug-likeness (QED) is 0.887. The summed E-state index contributed by atoms with van der Waals surface area (Å²) in [6, 6.07) is 15.5. The number of nitriles is 1. The standard InChI is InChI=1S/C16H14Cl2N2/c1-11(12-6-7-15(17)16(18)8-12)20-10-14-5-3-2-4-13(14)9-19/h2-8,11,20H,10H2,1H3. The van der Waals surface area contributed by atoms with E-state index in [0.29, 0.717) is 22.2 Å². The van der Waals surface area contributed by atoms with Gasteiger partial charge in [-0.2, -0.15) is 5.26 Å². The van der Waals surface area contributed by atoms with E-state index < -0.39 is 0 Å². The summed E-state index contributed by atoms with van der Waals surface area (Å²) in [5, 5.41) is 13.5. The lowest BCUT2D eigenvalue weighted by atomic mass is 10.1. The first-order chi connectivity index (χ1) is 9.61. The summed E-state index contributed by atoms with van der Waals surface area (Å²) in [5.41, 5.74) is 2.75. The van der Waals surface area contributed by atoms with E-state index in [9.17, 15) is 0 Å². The molecular weight excluding hydrogens is 291 g/mol. The monoisotopic (exact) mass is 304 g/mol. The van der Waals surface area contributed by atoms with Gasteiger partial charge in [0.05, 0.1) is 21.7 Å². The Morgan fingerprint density at radius 2 is 1.90 bits per heavy atom. The molecule has 0 amide bonds. The van der Waals surface area contributed by atoms with E-state index in [4.69, 9.17) is 28.5 Å². The van der Waals surface area contributed by atoms with Gasteiger partial charge in [-0.05, 0) is 36.2 Å². The highest BCUT2D eigenvalue weighted by Gasteiger charge is 2.08. The number of nitrogens with one attached hydrogen (secondary N) is 1. The molecule has 0 heterocycles. The molecule has 102 valence electrons. The Kier molecular flexibility index (Phi) is 5.03. The lowest BCUT2D eigenvalue weighted by Crippen LogP contribution is -2.18. The van der Waals surface area contributed by atoms with Crippen molar-refractivity contribution >= 4 is 23.2 Å². The minimum Gasteiger partial charge on any atom is -0.306 e. The van der Waals surface area contributed by atoms with Crippen molar-refractivity contribution in [2.75, 3.05) is 0 Å². The van der Waals surface area contributed by atoms with Gasteiger partial charge in [0.15, 0.2) is 0 Å². The van der Waals surface area contributed by atoms with Crippen LogP contribution in [0.1, 0.15) is 29.7 Å². The minimum atomic E-state index is 0.122. The largest absolute Gasteiger partial charge is 0.306 e. The van der Waals surface area contributed by atoms with Gasteiger partial charge in [-0.25, -0.2) is 0 Å². The number of hydrogen-bond donors (Lipinski definition) is 1. The highest BCUT2D eigenvalue weighted by molar-refractivity contribution is 6.42. The Bertz CT molecular complexity index is 647. The molecule has 1 atom stereocenters. The topological polar surface area (TPSA) is 35.8 Å². The molecule has 0 aliphatic rings. The van der Waals surface area contributed by atoms with Gasteiger partial charge >= 0.3 is 0 Å². The third kappa shape index (κ3) is 3.52. The van der Waals surface area contributed by atoms with Gasteiger partial charge in [-0.3, -0.25) is 0 Å². The fourth-order valence-corrected chi connectivity index (χ4v) is 2.25. The molecule has 0 saturated heterocycles. The minimum absolute atomic E-state index is 0.122. The molecule has 0 radical (unpaired) electrons. The highest BCUT2D eigenvalue weighted by Crippen LogP contribution is 2.25. The van der Waals surface area contributed by atoms with Crippen molar-refractivity contribution in [2.24, 2.45) is 0 Å². The predicted octanol–water partition coefficient (Wildman–Crippen LogP) is 4.72. The summed E-state index contributed by atoms with van der Waals surface area (Å²) >= 11 is 11.9. The van der Waals surface area contributed by atoms with Gasteiger partial charge < -0.3 is 5.32 Å². The van der Waals surface area contributed by atoms with E-state index in [-0.39, 0.29) is 6.04 Å². The van der Waals surface area contributed by atoms with Gasteiger partial charge in [0.25, 0.3) is 0 Å². The normalized spacial score (nSPS) is 11.9. The maximum absolute atomic E-state index is 9.06. The summed E-state index contributed by atoms with van der Waals surface area (Å²) in [7, 11) is 0. The smallest absolute Gasteiger partial charge is 0.0995 e. The molecule has 0 aromatic heterocycles. The lowest BCUT2D eigenvalue weighted by molar-refractivity contribution is 0.574. The fourth-order valence-electron chi connectivity index (χ4n) is 1.95. The molecule has 2 aromatic rings. The summed E-state index contributed by atoms with van der Waals surface area (Å²) in [4.78, 5) is 0. The van der Waals surface area contributed by atoms with Crippen LogP contribution in [0.4, 0.5) is 0 Å². The molecule has 1 unspecified atom stereocenters. The van der Waals surface area contributed by atoms with Crippen LogP contribution < -0.4 is 5.32 Å². The maximum Gasteiger partial charge on any atom is 0.0995 e. The van der Waals surface area contributed by atoms with Crippen molar-refractivity contribution in [2.45, 2.75) is 19.5 Å². The third-order valence-electron chi connectivity index (χ3n) is 3.18. The predicted molar refractivity (Wildman–Crippen MR) is 82.9 cm³/mol. The van der Waals surface area contributed by atoms with E-state index in [2.05, 4.69) is 18.3 Å². The Labute approximate surface area is 128 Å². The molecule has 0 aliphatic carbocycles. The van der Waals surface area contributed by atoms with Crippen LogP contribution in [0.15, 0.2) is 42.5 Å². The Morgan fingerprint density at radius 3 is 2.60 bits per heavy atom. The number of hydrogen-bond acceptors (Lipinski definition) is 2. The molecule has 4 heteroatoms.